The van der Waals surface area contributed by atoms with E-state index < -0.39 is 0 Å². The van der Waals surface area contributed by atoms with Gasteiger partial charge in [0.15, 0.2) is 0 Å². The largest absolute Gasteiger partial charge is 0.364 e. The number of hydrogen-bond donors (Lipinski definition) is 1. The average Bonchev–Trinajstić information content (AvgIpc) is 3.33. The molecule has 1 N–H and O–H groups in total. The first-order chi connectivity index (χ1) is 9.84. The number of benzene rings is 1. The third-order valence-corrected chi connectivity index (χ3v) is 5.03. The maximum absolute atomic E-state index is 12.8. The van der Waals surface area contributed by atoms with Gasteiger partial charge in [-0.05, 0) is 43.7 Å². The van der Waals surface area contributed by atoms with Gasteiger partial charge in [0, 0.05) is 11.7 Å². The number of nitrogens with one attached hydrogen (secondary N) is 1. The van der Waals surface area contributed by atoms with Gasteiger partial charge in [0.05, 0.1) is 5.56 Å². The summed E-state index contributed by atoms with van der Waals surface area (Å²) < 4.78 is 0. The highest BCUT2D eigenvalue weighted by molar-refractivity contribution is 6.02. The summed E-state index contributed by atoms with van der Waals surface area (Å²) >= 11 is 0. The molecule has 0 radical (unpaired) electrons. The number of hydrogen-bond acceptors (Lipinski definition) is 2. The predicted octanol–water partition coefficient (Wildman–Crippen LogP) is 3.62. The van der Waals surface area contributed by atoms with Gasteiger partial charge in [-0.25, -0.2) is 0 Å². The maximum Gasteiger partial charge on any atom is 0.257 e. The van der Waals surface area contributed by atoms with E-state index in [1.807, 2.05) is 24.3 Å². The number of carbonyl (C=O) groups is 1. The van der Waals surface area contributed by atoms with Crippen LogP contribution in [0.2, 0.25) is 0 Å². The van der Waals surface area contributed by atoms with Crippen molar-refractivity contribution in [1.82, 2.24) is 4.90 Å². The van der Waals surface area contributed by atoms with Crippen molar-refractivity contribution in [2.24, 2.45) is 5.92 Å². The van der Waals surface area contributed by atoms with Crippen LogP contribution >= 0.6 is 0 Å². The molecule has 3 nitrogen and oxygen atoms in total. The maximum atomic E-state index is 12.8. The molecular formula is C17H22N2O. The summed E-state index contributed by atoms with van der Waals surface area (Å²) in [6.45, 7) is 0. The second-order valence-electron chi connectivity index (χ2n) is 6.48. The van der Waals surface area contributed by atoms with E-state index in [-0.39, 0.29) is 12.1 Å². The molecule has 0 spiro atoms. The fourth-order valence-corrected chi connectivity index (χ4v) is 3.83. The van der Waals surface area contributed by atoms with E-state index in [0.717, 1.165) is 11.3 Å². The molecule has 1 amide bonds. The lowest BCUT2D eigenvalue weighted by Gasteiger charge is -2.43. The lowest BCUT2D eigenvalue weighted by molar-refractivity contribution is 0.0569. The first-order valence-corrected chi connectivity index (χ1v) is 8.03. The number of amides is 1. The van der Waals surface area contributed by atoms with Crippen LogP contribution in [0.4, 0.5) is 5.69 Å². The van der Waals surface area contributed by atoms with Crippen LogP contribution in [-0.2, 0) is 0 Å². The Kier molecular flexibility index (Phi) is 2.94. The zero-order valence-corrected chi connectivity index (χ0v) is 11.8. The predicted molar refractivity (Wildman–Crippen MR) is 79.6 cm³/mol. The number of fused-ring (bicyclic) bond motifs is 1. The van der Waals surface area contributed by atoms with E-state index in [9.17, 15) is 4.79 Å². The van der Waals surface area contributed by atoms with E-state index in [4.69, 9.17) is 0 Å². The summed E-state index contributed by atoms with van der Waals surface area (Å²) in [5.74, 6) is 0.874. The van der Waals surface area contributed by atoms with Gasteiger partial charge >= 0.3 is 0 Å². The van der Waals surface area contributed by atoms with E-state index in [0.29, 0.717) is 12.0 Å². The molecule has 1 atom stereocenters. The number of nitrogens with zero attached hydrogens (tertiary/aromatic N) is 1. The van der Waals surface area contributed by atoms with Crippen molar-refractivity contribution in [1.29, 1.82) is 0 Å². The number of carbonyl (C=O) groups excluding carboxylic acids is 1. The molecule has 2 aliphatic carbocycles. The molecule has 0 aromatic heterocycles. The van der Waals surface area contributed by atoms with Crippen LogP contribution in [0, 0.1) is 5.92 Å². The summed E-state index contributed by atoms with van der Waals surface area (Å²) in [4.78, 5) is 15.0. The highest BCUT2D eigenvalue weighted by Crippen LogP contribution is 2.40. The van der Waals surface area contributed by atoms with Crippen molar-refractivity contribution < 1.29 is 4.79 Å². The Bertz CT molecular complexity index is 517. The molecule has 1 aliphatic heterocycles. The van der Waals surface area contributed by atoms with Gasteiger partial charge in [0.1, 0.15) is 6.17 Å². The summed E-state index contributed by atoms with van der Waals surface area (Å²) in [6.07, 6.45) is 9.10. The highest BCUT2D eigenvalue weighted by atomic mass is 16.2. The van der Waals surface area contributed by atoms with Gasteiger partial charge in [-0.15, -0.1) is 0 Å². The van der Waals surface area contributed by atoms with Gasteiger partial charge in [-0.2, -0.15) is 0 Å². The molecule has 2 fully saturated rings. The molecule has 20 heavy (non-hydrogen) atoms. The van der Waals surface area contributed by atoms with E-state index in [2.05, 4.69) is 10.2 Å². The SMILES string of the molecule is O=C1c2ccccc2N[C@H](C2CCCCC2)N1C1CC1. The topological polar surface area (TPSA) is 32.3 Å². The van der Waals surface area contributed by atoms with Crippen molar-refractivity contribution in [2.45, 2.75) is 57.2 Å². The van der Waals surface area contributed by atoms with E-state index in [1.165, 1.54) is 44.9 Å². The van der Waals surface area contributed by atoms with Crippen LogP contribution in [0.25, 0.3) is 0 Å². The average molecular weight is 270 g/mol. The molecule has 2 saturated carbocycles. The van der Waals surface area contributed by atoms with Crippen LogP contribution in [-0.4, -0.2) is 23.0 Å². The first kappa shape index (κ1) is 12.2. The van der Waals surface area contributed by atoms with Crippen LogP contribution < -0.4 is 5.32 Å². The molecule has 106 valence electrons. The molecule has 4 rings (SSSR count). The normalized spacial score (nSPS) is 27.1. The number of anilines is 1. The van der Waals surface area contributed by atoms with Crippen LogP contribution in [0.1, 0.15) is 55.3 Å². The summed E-state index contributed by atoms with van der Waals surface area (Å²) in [6, 6.07) is 8.47. The number of rotatable bonds is 2. The van der Waals surface area contributed by atoms with Crippen LogP contribution in [0.3, 0.4) is 0 Å². The van der Waals surface area contributed by atoms with E-state index >= 15 is 0 Å². The minimum atomic E-state index is 0.227. The summed E-state index contributed by atoms with van der Waals surface area (Å²) in [5, 5.41) is 3.67. The molecule has 3 heteroatoms. The molecule has 1 aromatic carbocycles. The smallest absolute Gasteiger partial charge is 0.257 e. The minimum absolute atomic E-state index is 0.227. The van der Waals surface area contributed by atoms with Gasteiger partial charge in [0.25, 0.3) is 5.91 Å². The molecule has 0 bridgehead atoms. The Morgan fingerprint density at radius 1 is 1.00 bits per heavy atom. The standard InChI is InChI=1S/C17H22N2O/c20-17-14-8-4-5-9-15(14)18-16(19(17)13-10-11-13)12-6-2-1-3-7-12/h4-5,8-9,12-13,16,18H,1-3,6-7,10-11H2/t16-/m0/s1. The third kappa shape index (κ3) is 2.00. The molecule has 3 aliphatic rings. The number of para-hydroxylation sites is 1. The summed E-state index contributed by atoms with van der Waals surface area (Å²) in [7, 11) is 0. The Morgan fingerprint density at radius 3 is 2.50 bits per heavy atom. The first-order valence-electron chi connectivity index (χ1n) is 8.03. The lowest BCUT2D eigenvalue weighted by atomic mass is 9.85. The Morgan fingerprint density at radius 2 is 1.75 bits per heavy atom. The lowest BCUT2D eigenvalue weighted by Crippen LogP contribution is -2.53. The molecular weight excluding hydrogens is 248 g/mol. The Labute approximate surface area is 120 Å². The van der Waals surface area contributed by atoms with Crippen molar-refractivity contribution in [2.75, 3.05) is 5.32 Å². The van der Waals surface area contributed by atoms with Crippen LogP contribution in [0.15, 0.2) is 24.3 Å². The van der Waals surface area contributed by atoms with Gasteiger partial charge in [-0.1, -0.05) is 31.4 Å². The van der Waals surface area contributed by atoms with Gasteiger partial charge in [0.2, 0.25) is 0 Å². The van der Waals surface area contributed by atoms with Gasteiger partial charge in [-0.3, -0.25) is 4.79 Å². The highest BCUT2D eigenvalue weighted by Gasteiger charge is 2.44. The Balaban J connectivity index is 1.68. The molecule has 1 heterocycles. The van der Waals surface area contributed by atoms with E-state index in [1.54, 1.807) is 0 Å². The third-order valence-electron chi connectivity index (χ3n) is 5.03. The zero-order chi connectivity index (χ0) is 13.5. The van der Waals surface area contributed by atoms with Crippen molar-refractivity contribution >= 4 is 11.6 Å². The van der Waals surface area contributed by atoms with Gasteiger partial charge < -0.3 is 10.2 Å². The van der Waals surface area contributed by atoms with Crippen molar-refractivity contribution in [3.63, 3.8) is 0 Å². The molecule has 0 unspecified atom stereocenters. The quantitative estimate of drug-likeness (QED) is 0.890. The van der Waals surface area contributed by atoms with Crippen molar-refractivity contribution in [3.8, 4) is 0 Å². The second-order valence-corrected chi connectivity index (χ2v) is 6.48. The fraction of sp³-hybridized carbons (Fsp3) is 0.588. The zero-order valence-electron chi connectivity index (χ0n) is 11.8. The van der Waals surface area contributed by atoms with Crippen LogP contribution in [0.5, 0.6) is 0 Å². The van der Waals surface area contributed by atoms with Crippen molar-refractivity contribution in [3.05, 3.63) is 29.8 Å². The fourth-order valence-electron chi connectivity index (χ4n) is 3.83. The monoisotopic (exact) mass is 270 g/mol. The Hall–Kier alpha value is -1.51. The second kappa shape index (κ2) is 4.80. The summed E-state index contributed by atoms with van der Waals surface area (Å²) in [5.41, 5.74) is 1.89. The minimum Gasteiger partial charge on any atom is -0.364 e. The molecule has 1 aromatic rings. The molecule has 0 saturated heterocycles.